The molecule has 2 fully saturated rings. The second kappa shape index (κ2) is 6.07. The number of oxime groups is 1. The molecule has 0 radical (unpaired) electrons. The largest absolute Gasteiger partial charge is 0.411 e. The quantitative estimate of drug-likeness (QED) is 0.585. The summed E-state index contributed by atoms with van der Waals surface area (Å²) in [6.45, 7) is 3.40. The van der Waals surface area contributed by atoms with Crippen LogP contribution in [0.5, 0.6) is 0 Å². The van der Waals surface area contributed by atoms with Gasteiger partial charge < -0.3 is 15.4 Å². The minimum absolute atomic E-state index is 0.0531. The van der Waals surface area contributed by atoms with Gasteiger partial charge in [0, 0.05) is 31.5 Å². The summed E-state index contributed by atoms with van der Waals surface area (Å²) in [5.74, 6) is 0.207. The van der Waals surface area contributed by atoms with Crippen molar-refractivity contribution in [3.63, 3.8) is 0 Å². The van der Waals surface area contributed by atoms with Crippen molar-refractivity contribution in [2.45, 2.75) is 51.5 Å². The van der Waals surface area contributed by atoms with Crippen LogP contribution < -0.4 is 5.32 Å². The number of rotatable bonds is 2. The van der Waals surface area contributed by atoms with E-state index in [2.05, 4.69) is 17.4 Å². The fraction of sp³-hybridized carbons (Fsp3) is 0.846. The zero-order chi connectivity index (χ0) is 13.0. The van der Waals surface area contributed by atoms with Gasteiger partial charge in [-0.2, -0.15) is 0 Å². The van der Waals surface area contributed by atoms with Crippen LogP contribution in [-0.4, -0.2) is 41.0 Å². The van der Waals surface area contributed by atoms with E-state index in [-0.39, 0.29) is 11.9 Å². The Labute approximate surface area is 108 Å². The molecule has 5 heteroatoms. The third-order valence-electron chi connectivity index (χ3n) is 4.14. The van der Waals surface area contributed by atoms with Crippen molar-refractivity contribution in [1.82, 2.24) is 10.2 Å². The van der Waals surface area contributed by atoms with Crippen molar-refractivity contribution in [2.24, 2.45) is 11.1 Å². The first kappa shape index (κ1) is 13.2. The summed E-state index contributed by atoms with van der Waals surface area (Å²) < 4.78 is 0. The topological polar surface area (TPSA) is 64.9 Å². The molecule has 2 aliphatic rings. The highest BCUT2D eigenvalue weighted by molar-refractivity contribution is 5.89. The van der Waals surface area contributed by atoms with E-state index in [9.17, 15) is 4.79 Å². The lowest BCUT2D eigenvalue weighted by atomic mass is 9.93. The van der Waals surface area contributed by atoms with Crippen LogP contribution in [0.1, 0.15) is 45.4 Å². The molecule has 0 aromatic heterocycles. The Morgan fingerprint density at radius 1 is 1.50 bits per heavy atom. The highest BCUT2D eigenvalue weighted by Crippen LogP contribution is 2.20. The van der Waals surface area contributed by atoms with E-state index in [1.54, 1.807) is 0 Å². The van der Waals surface area contributed by atoms with E-state index in [1.807, 2.05) is 4.90 Å². The van der Waals surface area contributed by atoms with Gasteiger partial charge in [0.05, 0.1) is 5.71 Å². The predicted molar refractivity (Wildman–Crippen MR) is 70.0 cm³/mol. The second-order valence-electron chi connectivity index (χ2n) is 5.32. The fourth-order valence-corrected chi connectivity index (χ4v) is 2.93. The third-order valence-corrected chi connectivity index (χ3v) is 4.14. The molecule has 1 atom stereocenters. The standard InChI is InChI=1S/C13H23N3O2/c1-2-10-9-16(8-7-12(10)15-18)13(17)14-11-5-3-4-6-11/h10-11,18H,2-9H2,1H3,(H,14,17). The van der Waals surface area contributed by atoms with Crippen molar-refractivity contribution < 1.29 is 10.0 Å². The number of nitrogens with zero attached hydrogens (tertiary/aromatic N) is 2. The minimum Gasteiger partial charge on any atom is -0.411 e. The van der Waals surface area contributed by atoms with Crippen LogP contribution in [0, 0.1) is 5.92 Å². The maximum atomic E-state index is 12.1. The molecular weight excluding hydrogens is 230 g/mol. The molecule has 102 valence electrons. The van der Waals surface area contributed by atoms with E-state index >= 15 is 0 Å². The van der Waals surface area contributed by atoms with Crippen molar-refractivity contribution in [3.8, 4) is 0 Å². The number of amides is 2. The number of carbonyl (C=O) groups is 1. The van der Waals surface area contributed by atoms with Gasteiger partial charge in [0.25, 0.3) is 0 Å². The van der Waals surface area contributed by atoms with Crippen molar-refractivity contribution in [3.05, 3.63) is 0 Å². The molecule has 0 spiro atoms. The Kier molecular flexibility index (Phi) is 4.44. The van der Waals surface area contributed by atoms with E-state index in [1.165, 1.54) is 12.8 Å². The minimum atomic E-state index is 0.0531. The van der Waals surface area contributed by atoms with E-state index in [4.69, 9.17) is 5.21 Å². The fourth-order valence-electron chi connectivity index (χ4n) is 2.93. The van der Waals surface area contributed by atoms with Gasteiger partial charge in [-0.25, -0.2) is 4.79 Å². The van der Waals surface area contributed by atoms with Crippen molar-refractivity contribution in [1.29, 1.82) is 0 Å². The number of urea groups is 1. The Morgan fingerprint density at radius 3 is 2.83 bits per heavy atom. The smallest absolute Gasteiger partial charge is 0.317 e. The first-order valence-electron chi connectivity index (χ1n) is 7.00. The summed E-state index contributed by atoms with van der Waals surface area (Å²) in [6.07, 6.45) is 6.27. The highest BCUT2D eigenvalue weighted by atomic mass is 16.4. The first-order valence-corrected chi connectivity index (χ1v) is 7.00. The molecule has 0 aromatic rings. The summed E-state index contributed by atoms with van der Waals surface area (Å²) in [5, 5.41) is 15.4. The summed E-state index contributed by atoms with van der Waals surface area (Å²) in [4.78, 5) is 14.0. The third kappa shape index (κ3) is 2.94. The van der Waals surface area contributed by atoms with E-state index in [0.717, 1.165) is 25.0 Å². The monoisotopic (exact) mass is 253 g/mol. The Balaban J connectivity index is 1.87. The van der Waals surface area contributed by atoms with Gasteiger partial charge in [-0.1, -0.05) is 24.9 Å². The molecule has 2 amide bonds. The Bertz CT molecular complexity index is 324. The van der Waals surface area contributed by atoms with Gasteiger partial charge in [-0.15, -0.1) is 0 Å². The van der Waals surface area contributed by atoms with Crippen molar-refractivity contribution >= 4 is 11.7 Å². The summed E-state index contributed by atoms with van der Waals surface area (Å²) in [5.41, 5.74) is 0.836. The molecule has 0 bridgehead atoms. The van der Waals surface area contributed by atoms with Gasteiger partial charge in [0.15, 0.2) is 0 Å². The van der Waals surface area contributed by atoms with Crippen LogP contribution in [0.25, 0.3) is 0 Å². The normalized spacial score (nSPS) is 27.7. The average Bonchev–Trinajstić information content (AvgIpc) is 2.90. The van der Waals surface area contributed by atoms with Crippen LogP contribution >= 0.6 is 0 Å². The SMILES string of the molecule is CCC1CN(C(=O)NC2CCCC2)CCC1=NO. The van der Waals surface area contributed by atoms with Crippen LogP contribution in [0.4, 0.5) is 4.79 Å². The maximum absolute atomic E-state index is 12.1. The van der Waals surface area contributed by atoms with E-state index in [0.29, 0.717) is 25.6 Å². The first-order chi connectivity index (χ1) is 8.74. The lowest BCUT2D eigenvalue weighted by Gasteiger charge is -2.33. The molecule has 2 N–H and O–H groups in total. The van der Waals surface area contributed by atoms with Gasteiger partial charge >= 0.3 is 6.03 Å². The lowest BCUT2D eigenvalue weighted by molar-refractivity contribution is 0.183. The molecule has 1 heterocycles. The molecule has 0 aromatic carbocycles. The maximum Gasteiger partial charge on any atom is 0.317 e. The summed E-state index contributed by atoms with van der Waals surface area (Å²) in [6, 6.07) is 0.419. The van der Waals surface area contributed by atoms with Gasteiger partial charge in [0.2, 0.25) is 0 Å². The summed E-state index contributed by atoms with van der Waals surface area (Å²) >= 11 is 0. The molecule has 5 nitrogen and oxygen atoms in total. The van der Waals surface area contributed by atoms with Gasteiger partial charge in [-0.3, -0.25) is 0 Å². The van der Waals surface area contributed by atoms with Crippen LogP contribution in [0.3, 0.4) is 0 Å². The lowest BCUT2D eigenvalue weighted by Crippen LogP contribution is -2.50. The van der Waals surface area contributed by atoms with Crippen molar-refractivity contribution in [2.75, 3.05) is 13.1 Å². The average molecular weight is 253 g/mol. The number of likely N-dealkylation sites (tertiary alicyclic amines) is 1. The molecule has 1 saturated carbocycles. The molecule has 18 heavy (non-hydrogen) atoms. The molecular formula is C13H23N3O2. The van der Waals surface area contributed by atoms with Gasteiger partial charge in [-0.05, 0) is 19.3 Å². The van der Waals surface area contributed by atoms with Crippen LogP contribution in [-0.2, 0) is 0 Å². The number of nitrogens with one attached hydrogen (secondary N) is 1. The summed E-state index contributed by atoms with van der Waals surface area (Å²) in [7, 11) is 0. The number of piperidine rings is 1. The van der Waals surface area contributed by atoms with Gasteiger partial charge in [0.1, 0.15) is 0 Å². The predicted octanol–water partition coefficient (Wildman–Crippen LogP) is 2.20. The Morgan fingerprint density at radius 2 is 2.22 bits per heavy atom. The highest BCUT2D eigenvalue weighted by Gasteiger charge is 2.29. The number of hydrogen-bond acceptors (Lipinski definition) is 3. The number of carbonyl (C=O) groups excluding carboxylic acids is 1. The molecule has 1 aliphatic heterocycles. The molecule has 1 unspecified atom stereocenters. The zero-order valence-corrected chi connectivity index (χ0v) is 11.1. The van der Waals surface area contributed by atoms with E-state index < -0.39 is 0 Å². The zero-order valence-electron chi connectivity index (χ0n) is 11.1. The molecule has 1 saturated heterocycles. The second-order valence-corrected chi connectivity index (χ2v) is 5.32. The molecule has 2 rings (SSSR count). The van der Waals surface area contributed by atoms with Crippen LogP contribution in [0.2, 0.25) is 0 Å². The Hall–Kier alpha value is -1.26. The van der Waals surface area contributed by atoms with Crippen LogP contribution in [0.15, 0.2) is 5.16 Å². The number of hydrogen-bond donors (Lipinski definition) is 2. The molecule has 1 aliphatic carbocycles.